The first-order valence-corrected chi connectivity index (χ1v) is 8.87. The highest BCUT2D eigenvalue weighted by molar-refractivity contribution is 5.79. The van der Waals surface area contributed by atoms with Crippen LogP contribution in [0, 0.1) is 0 Å². The van der Waals surface area contributed by atoms with Gasteiger partial charge in [0.2, 0.25) is 5.91 Å². The van der Waals surface area contributed by atoms with Gasteiger partial charge in [-0.1, -0.05) is 42.5 Å². The van der Waals surface area contributed by atoms with Crippen LogP contribution in [0.4, 0.5) is 0 Å². The first kappa shape index (κ1) is 15.3. The molecule has 3 nitrogen and oxygen atoms in total. The number of ether oxygens (including phenoxy) is 1. The number of hydrogen-bond acceptors (Lipinski definition) is 2. The zero-order valence-corrected chi connectivity index (χ0v) is 13.9. The van der Waals surface area contributed by atoms with E-state index in [1.165, 1.54) is 11.1 Å². The number of benzene rings is 2. The number of fused-ring (bicyclic) bond motifs is 1. The average molecular weight is 321 g/mol. The Morgan fingerprint density at radius 1 is 1.08 bits per heavy atom. The van der Waals surface area contributed by atoms with Crippen molar-refractivity contribution in [1.29, 1.82) is 0 Å². The summed E-state index contributed by atoms with van der Waals surface area (Å²) in [4.78, 5) is 14.6. The van der Waals surface area contributed by atoms with E-state index in [2.05, 4.69) is 42.5 Å². The summed E-state index contributed by atoms with van der Waals surface area (Å²) in [5.74, 6) is 1.78. The summed E-state index contributed by atoms with van der Waals surface area (Å²) in [5, 5.41) is 0. The molecule has 0 aromatic heterocycles. The maximum Gasteiger partial charge on any atom is 0.226 e. The molecule has 0 saturated carbocycles. The van der Waals surface area contributed by atoms with E-state index in [1.807, 2.05) is 11.0 Å². The number of carbonyl (C=O) groups is 1. The molecule has 2 heterocycles. The Balaban J connectivity index is 1.35. The third kappa shape index (κ3) is 3.16. The van der Waals surface area contributed by atoms with Crippen LogP contribution >= 0.6 is 0 Å². The van der Waals surface area contributed by atoms with Gasteiger partial charge in [0.1, 0.15) is 5.75 Å². The molecule has 0 spiro atoms. The van der Waals surface area contributed by atoms with Crippen molar-refractivity contribution in [2.24, 2.45) is 0 Å². The standard InChI is InChI=1S/C21H23NO2/c23-21(15-16-6-7-19-10-13-24-20(19)14-16)22-11-8-18(9-12-22)17-4-2-1-3-5-17/h1-7,14,18H,8-13,15H2. The lowest BCUT2D eigenvalue weighted by Crippen LogP contribution is -2.38. The highest BCUT2D eigenvalue weighted by Crippen LogP contribution is 2.29. The molecule has 3 heteroatoms. The van der Waals surface area contributed by atoms with E-state index in [0.29, 0.717) is 12.3 Å². The molecule has 124 valence electrons. The van der Waals surface area contributed by atoms with Crippen LogP contribution in [-0.4, -0.2) is 30.5 Å². The van der Waals surface area contributed by atoms with Crippen molar-refractivity contribution in [1.82, 2.24) is 4.90 Å². The lowest BCUT2D eigenvalue weighted by atomic mass is 9.89. The third-order valence-corrected chi connectivity index (χ3v) is 5.23. The lowest BCUT2D eigenvalue weighted by molar-refractivity contribution is -0.131. The molecule has 4 rings (SSSR count). The monoisotopic (exact) mass is 321 g/mol. The van der Waals surface area contributed by atoms with Crippen molar-refractivity contribution < 1.29 is 9.53 Å². The van der Waals surface area contributed by atoms with E-state index < -0.39 is 0 Å². The Kier molecular flexibility index (Phi) is 4.24. The summed E-state index contributed by atoms with van der Waals surface area (Å²) < 4.78 is 5.60. The van der Waals surface area contributed by atoms with Crippen LogP contribution in [0.25, 0.3) is 0 Å². The molecule has 1 saturated heterocycles. The van der Waals surface area contributed by atoms with Gasteiger partial charge >= 0.3 is 0 Å². The molecular weight excluding hydrogens is 298 g/mol. The van der Waals surface area contributed by atoms with Crippen LogP contribution in [0.2, 0.25) is 0 Å². The van der Waals surface area contributed by atoms with E-state index in [1.54, 1.807) is 0 Å². The average Bonchev–Trinajstić information content (AvgIpc) is 3.10. The molecule has 2 aromatic rings. The van der Waals surface area contributed by atoms with Crippen LogP contribution in [-0.2, 0) is 17.6 Å². The number of hydrogen-bond donors (Lipinski definition) is 0. The van der Waals surface area contributed by atoms with E-state index in [-0.39, 0.29) is 5.91 Å². The fourth-order valence-corrected chi connectivity index (χ4v) is 3.79. The second kappa shape index (κ2) is 6.68. The molecule has 2 aliphatic heterocycles. The Hall–Kier alpha value is -2.29. The normalized spacial score (nSPS) is 17.4. The van der Waals surface area contributed by atoms with Gasteiger partial charge in [0.25, 0.3) is 0 Å². The predicted molar refractivity (Wildman–Crippen MR) is 94.3 cm³/mol. The third-order valence-electron chi connectivity index (χ3n) is 5.23. The van der Waals surface area contributed by atoms with Gasteiger partial charge in [-0.3, -0.25) is 4.79 Å². The molecule has 0 aliphatic carbocycles. The number of likely N-dealkylation sites (tertiary alicyclic amines) is 1. The minimum atomic E-state index is 0.236. The summed E-state index contributed by atoms with van der Waals surface area (Å²) in [6.07, 6.45) is 3.58. The molecule has 0 radical (unpaired) electrons. The number of rotatable bonds is 3. The van der Waals surface area contributed by atoms with Gasteiger partial charge in [-0.15, -0.1) is 0 Å². The van der Waals surface area contributed by atoms with Crippen molar-refractivity contribution in [3.05, 3.63) is 65.2 Å². The number of piperidine rings is 1. The zero-order chi connectivity index (χ0) is 16.4. The molecule has 0 bridgehead atoms. The Bertz CT molecular complexity index is 718. The molecule has 1 fully saturated rings. The predicted octanol–water partition coefficient (Wildman–Crippen LogP) is 3.57. The largest absolute Gasteiger partial charge is 0.493 e. The maximum atomic E-state index is 12.6. The van der Waals surface area contributed by atoms with E-state index in [4.69, 9.17) is 4.74 Å². The molecule has 0 unspecified atom stereocenters. The second-order valence-corrected chi connectivity index (χ2v) is 6.78. The van der Waals surface area contributed by atoms with Gasteiger partial charge in [-0.25, -0.2) is 0 Å². The fraction of sp³-hybridized carbons (Fsp3) is 0.381. The summed E-state index contributed by atoms with van der Waals surface area (Å²) >= 11 is 0. The van der Waals surface area contributed by atoms with E-state index in [9.17, 15) is 4.79 Å². The van der Waals surface area contributed by atoms with Crippen molar-refractivity contribution in [3.63, 3.8) is 0 Å². The molecule has 2 aliphatic rings. The second-order valence-electron chi connectivity index (χ2n) is 6.78. The maximum absolute atomic E-state index is 12.6. The highest BCUT2D eigenvalue weighted by Gasteiger charge is 2.24. The molecular formula is C21H23NO2. The van der Waals surface area contributed by atoms with Crippen molar-refractivity contribution in [2.45, 2.75) is 31.6 Å². The van der Waals surface area contributed by atoms with Crippen molar-refractivity contribution >= 4 is 5.91 Å². The summed E-state index contributed by atoms with van der Waals surface area (Å²) in [6.45, 7) is 2.49. The highest BCUT2D eigenvalue weighted by atomic mass is 16.5. The number of carbonyl (C=O) groups excluding carboxylic acids is 1. The fourth-order valence-electron chi connectivity index (χ4n) is 3.79. The Morgan fingerprint density at radius 3 is 2.67 bits per heavy atom. The van der Waals surface area contributed by atoms with Crippen LogP contribution in [0.5, 0.6) is 5.75 Å². The molecule has 24 heavy (non-hydrogen) atoms. The molecule has 2 aromatic carbocycles. The first-order valence-electron chi connectivity index (χ1n) is 8.87. The summed E-state index contributed by atoms with van der Waals surface area (Å²) in [5.41, 5.74) is 3.72. The number of amides is 1. The smallest absolute Gasteiger partial charge is 0.226 e. The van der Waals surface area contributed by atoms with Crippen molar-refractivity contribution in [3.8, 4) is 5.75 Å². The molecule has 1 amide bonds. The minimum Gasteiger partial charge on any atom is -0.493 e. The van der Waals surface area contributed by atoms with Crippen molar-refractivity contribution in [2.75, 3.05) is 19.7 Å². The lowest BCUT2D eigenvalue weighted by Gasteiger charge is -2.32. The van der Waals surface area contributed by atoms with Gasteiger partial charge in [0, 0.05) is 19.5 Å². The Labute approximate surface area is 143 Å². The zero-order valence-electron chi connectivity index (χ0n) is 13.9. The summed E-state index contributed by atoms with van der Waals surface area (Å²) in [6, 6.07) is 16.9. The quantitative estimate of drug-likeness (QED) is 0.865. The van der Waals surface area contributed by atoms with Crippen LogP contribution in [0.1, 0.15) is 35.4 Å². The van der Waals surface area contributed by atoms with Gasteiger partial charge in [0.15, 0.2) is 0 Å². The van der Waals surface area contributed by atoms with Crippen LogP contribution in [0.3, 0.4) is 0 Å². The Morgan fingerprint density at radius 2 is 1.88 bits per heavy atom. The van der Waals surface area contributed by atoms with Crippen LogP contribution < -0.4 is 4.74 Å². The minimum absolute atomic E-state index is 0.236. The number of nitrogens with zero attached hydrogens (tertiary/aromatic N) is 1. The van der Waals surface area contributed by atoms with Gasteiger partial charge < -0.3 is 9.64 Å². The molecule has 0 N–H and O–H groups in total. The van der Waals surface area contributed by atoms with Gasteiger partial charge in [-0.05, 0) is 41.5 Å². The van der Waals surface area contributed by atoms with E-state index >= 15 is 0 Å². The van der Waals surface area contributed by atoms with Crippen LogP contribution in [0.15, 0.2) is 48.5 Å². The van der Waals surface area contributed by atoms with Gasteiger partial charge in [0.05, 0.1) is 13.0 Å². The first-order chi connectivity index (χ1) is 11.8. The van der Waals surface area contributed by atoms with Gasteiger partial charge in [-0.2, -0.15) is 0 Å². The van der Waals surface area contributed by atoms with E-state index in [0.717, 1.165) is 50.3 Å². The SMILES string of the molecule is O=C(Cc1ccc2c(c1)OCC2)N1CCC(c2ccccc2)CC1. The topological polar surface area (TPSA) is 29.5 Å². The summed E-state index contributed by atoms with van der Waals surface area (Å²) in [7, 11) is 0. The molecule has 0 atom stereocenters.